The van der Waals surface area contributed by atoms with Crippen molar-refractivity contribution in [1.29, 1.82) is 0 Å². The van der Waals surface area contributed by atoms with Crippen molar-refractivity contribution in [2.24, 2.45) is 5.73 Å². The maximum atomic E-state index is 12.6. The first kappa shape index (κ1) is 19.8. The molecule has 2 aromatic rings. The third-order valence-corrected chi connectivity index (χ3v) is 4.13. The molecule has 2 aromatic carbocycles. The van der Waals surface area contributed by atoms with E-state index in [0.29, 0.717) is 18.1 Å². The first-order chi connectivity index (χ1) is 12.4. The van der Waals surface area contributed by atoms with Crippen LogP contribution in [0.4, 0.5) is 0 Å². The Balaban J connectivity index is 2.06. The number of amides is 2. The molecular weight excluding hydrogens is 352 g/mol. The van der Waals surface area contributed by atoms with E-state index in [9.17, 15) is 9.59 Å². The highest BCUT2D eigenvalue weighted by Gasteiger charge is 2.16. The number of carbonyl (C=O) groups excluding carboxylic acids is 2. The molecule has 0 atom stereocenters. The number of carbonyl (C=O) groups is 2. The van der Waals surface area contributed by atoms with E-state index < -0.39 is 5.91 Å². The Hall–Kier alpha value is -2.53. The second-order valence-corrected chi connectivity index (χ2v) is 6.53. The zero-order valence-electron chi connectivity index (χ0n) is 15.0. The summed E-state index contributed by atoms with van der Waals surface area (Å²) in [5, 5.41) is 0.379. The van der Waals surface area contributed by atoms with Crippen molar-refractivity contribution in [3.63, 3.8) is 0 Å². The molecule has 138 valence electrons. The average Bonchev–Trinajstić information content (AvgIpc) is 2.61. The molecule has 0 saturated carbocycles. The molecule has 0 aromatic heterocycles. The number of benzene rings is 2. The van der Waals surface area contributed by atoms with E-state index in [1.165, 1.54) is 11.6 Å². The Morgan fingerprint density at radius 1 is 1.15 bits per heavy atom. The van der Waals surface area contributed by atoms with E-state index in [2.05, 4.69) is 0 Å². The molecule has 5 nitrogen and oxygen atoms in total. The zero-order chi connectivity index (χ0) is 19.1. The summed E-state index contributed by atoms with van der Waals surface area (Å²) in [6.07, 6.45) is 0.838. The van der Waals surface area contributed by atoms with Gasteiger partial charge in [0.1, 0.15) is 5.75 Å². The van der Waals surface area contributed by atoms with Gasteiger partial charge < -0.3 is 15.4 Å². The molecular formula is C20H23ClN2O3. The summed E-state index contributed by atoms with van der Waals surface area (Å²) >= 11 is 5.88. The van der Waals surface area contributed by atoms with Gasteiger partial charge in [0.15, 0.2) is 6.61 Å². The van der Waals surface area contributed by atoms with E-state index in [-0.39, 0.29) is 23.8 Å². The molecule has 0 radical (unpaired) electrons. The van der Waals surface area contributed by atoms with Crippen molar-refractivity contribution in [3.05, 3.63) is 64.2 Å². The molecule has 0 heterocycles. The van der Waals surface area contributed by atoms with E-state index in [1.54, 1.807) is 17.0 Å². The Bertz CT molecular complexity index is 775. The molecule has 0 aliphatic carbocycles. The normalized spacial score (nSPS) is 10.4. The van der Waals surface area contributed by atoms with Gasteiger partial charge in [-0.2, -0.15) is 0 Å². The number of rotatable bonds is 8. The highest BCUT2D eigenvalue weighted by Crippen LogP contribution is 2.22. The van der Waals surface area contributed by atoms with Gasteiger partial charge in [-0.1, -0.05) is 48.4 Å². The second kappa shape index (κ2) is 9.25. The fourth-order valence-corrected chi connectivity index (χ4v) is 2.70. The van der Waals surface area contributed by atoms with Crippen LogP contribution in [-0.4, -0.2) is 29.9 Å². The van der Waals surface area contributed by atoms with Crippen LogP contribution in [0.1, 0.15) is 34.8 Å². The number of nitrogens with two attached hydrogens (primary N) is 1. The van der Waals surface area contributed by atoms with E-state index in [0.717, 1.165) is 12.0 Å². The lowest BCUT2D eigenvalue weighted by Crippen LogP contribution is -2.35. The summed E-state index contributed by atoms with van der Waals surface area (Å²) < 4.78 is 5.55. The number of hydrogen-bond acceptors (Lipinski definition) is 3. The monoisotopic (exact) mass is 374 g/mol. The van der Waals surface area contributed by atoms with Crippen LogP contribution in [0.3, 0.4) is 0 Å². The van der Waals surface area contributed by atoms with Crippen LogP contribution in [0.5, 0.6) is 5.75 Å². The Kier molecular flexibility index (Phi) is 7.04. The smallest absolute Gasteiger partial charge is 0.260 e. The third kappa shape index (κ3) is 5.49. The lowest BCUT2D eigenvalue weighted by atomic mass is 10.1. The zero-order valence-corrected chi connectivity index (χ0v) is 15.8. The van der Waals surface area contributed by atoms with Gasteiger partial charge in [0, 0.05) is 18.1 Å². The topological polar surface area (TPSA) is 72.6 Å². The van der Waals surface area contributed by atoms with E-state index in [4.69, 9.17) is 22.1 Å². The molecule has 0 spiro atoms. The second-order valence-electron chi connectivity index (χ2n) is 6.09. The van der Waals surface area contributed by atoms with Crippen molar-refractivity contribution < 1.29 is 14.3 Å². The van der Waals surface area contributed by atoms with Crippen LogP contribution >= 0.6 is 11.6 Å². The van der Waals surface area contributed by atoms with Crippen LogP contribution in [0.25, 0.3) is 0 Å². The molecule has 0 aliphatic rings. The summed E-state index contributed by atoms with van der Waals surface area (Å²) in [7, 11) is 0. The molecule has 0 saturated heterocycles. The van der Waals surface area contributed by atoms with Crippen LogP contribution in [0.2, 0.25) is 5.02 Å². The molecule has 2 rings (SSSR count). The van der Waals surface area contributed by atoms with Crippen LogP contribution in [0, 0.1) is 6.92 Å². The number of hydrogen-bond donors (Lipinski definition) is 1. The van der Waals surface area contributed by atoms with Gasteiger partial charge in [-0.15, -0.1) is 0 Å². The summed E-state index contributed by atoms with van der Waals surface area (Å²) in [5.74, 6) is -0.556. The molecule has 2 amide bonds. The molecule has 0 fully saturated rings. The minimum atomic E-state index is -0.653. The van der Waals surface area contributed by atoms with Gasteiger partial charge in [0.25, 0.3) is 11.8 Å². The molecule has 2 N–H and O–H groups in total. The van der Waals surface area contributed by atoms with Crippen LogP contribution in [0.15, 0.2) is 42.5 Å². The van der Waals surface area contributed by atoms with Gasteiger partial charge in [-0.3, -0.25) is 9.59 Å². The predicted octanol–water partition coefficient (Wildman–Crippen LogP) is 3.56. The third-order valence-electron chi connectivity index (χ3n) is 3.90. The van der Waals surface area contributed by atoms with Crippen molar-refractivity contribution in [3.8, 4) is 5.75 Å². The molecule has 26 heavy (non-hydrogen) atoms. The largest absolute Gasteiger partial charge is 0.483 e. The summed E-state index contributed by atoms with van der Waals surface area (Å²) in [6, 6.07) is 12.6. The molecule has 0 bridgehead atoms. The highest BCUT2D eigenvalue weighted by molar-refractivity contribution is 6.31. The Labute approximate surface area is 158 Å². The first-order valence-corrected chi connectivity index (χ1v) is 8.84. The fraction of sp³-hybridized carbons (Fsp3) is 0.300. The van der Waals surface area contributed by atoms with Crippen molar-refractivity contribution in [2.45, 2.75) is 26.8 Å². The van der Waals surface area contributed by atoms with Gasteiger partial charge >= 0.3 is 0 Å². The lowest BCUT2D eigenvalue weighted by molar-refractivity contribution is -0.134. The maximum Gasteiger partial charge on any atom is 0.260 e. The molecule has 0 aliphatic heterocycles. The standard InChI is InChI=1S/C20H23ClN2O3/c1-3-10-23(12-15-6-4-14(2)5-7-15)19(24)13-26-18-9-8-16(21)11-17(18)20(22)25/h4-9,11H,3,10,12-13H2,1-2H3,(H2,22,25). The van der Waals surface area contributed by atoms with Gasteiger partial charge in [0.05, 0.1) is 5.56 Å². The summed E-state index contributed by atoms with van der Waals surface area (Å²) in [6.45, 7) is 5.00. The van der Waals surface area contributed by atoms with Gasteiger partial charge in [-0.25, -0.2) is 0 Å². The van der Waals surface area contributed by atoms with Crippen molar-refractivity contribution >= 4 is 23.4 Å². The number of aryl methyl sites for hydroxylation is 1. The maximum absolute atomic E-state index is 12.6. The minimum absolute atomic E-state index is 0.155. The minimum Gasteiger partial charge on any atom is -0.483 e. The quantitative estimate of drug-likeness (QED) is 0.767. The first-order valence-electron chi connectivity index (χ1n) is 8.46. The predicted molar refractivity (Wildman–Crippen MR) is 102 cm³/mol. The molecule has 0 unspecified atom stereocenters. The SMILES string of the molecule is CCCN(Cc1ccc(C)cc1)C(=O)COc1ccc(Cl)cc1C(N)=O. The number of nitrogens with zero attached hydrogens (tertiary/aromatic N) is 1. The molecule has 6 heteroatoms. The number of halogens is 1. The van der Waals surface area contributed by atoms with Crippen LogP contribution < -0.4 is 10.5 Å². The highest BCUT2D eigenvalue weighted by atomic mass is 35.5. The van der Waals surface area contributed by atoms with Gasteiger partial charge in [-0.05, 0) is 37.1 Å². The number of ether oxygens (including phenoxy) is 1. The van der Waals surface area contributed by atoms with Crippen molar-refractivity contribution in [2.75, 3.05) is 13.2 Å². The Morgan fingerprint density at radius 3 is 2.46 bits per heavy atom. The van der Waals surface area contributed by atoms with Crippen molar-refractivity contribution in [1.82, 2.24) is 4.90 Å². The number of primary amides is 1. The van der Waals surface area contributed by atoms with E-state index >= 15 is 0 Å². The summed E-state index contributed by atoms with van der Waals surface area (Å²) in [4.78, 5) is 25.8. The summed E-state index contributed by atoms with van der Waals surface area (Å²) in [5.41, 5.74) is 7.73. The lowest BCUT2D eigenvalue weighted by Gasteiger charge is -2.22. The fourth-order valence-electron chi connectivity index (χ4n) is 2.53. The Morgan fingerprint density at radius 2 is 1.85 bits per heavy atom. The average molecular weight is 375 g/mol. The van der Waals surface area contributed by atoms with E-state index in [1.807, 2.05) is 38.1 Å². The van der Waals surface area contributed by atoms with Crippen LogP contribution in [-0.2, 0) is 11.3 Å². The van der Waals surface area contributed by atoms with Gasteiger partial charge in [0.2, 0.25) is 0 Å².